The number of nitrogens with two attached hydrogens (primary N) is 1. The minimum absolute atomic E-state index is 0.131. The van der Waals surface area contributed by atoms with Crippen molar-refractivity contribution in [1.29, 1.82) is 0 Å². The zero-order valence-electron chi connectivity index (χ0n) is 9.88. The Balaban J connectivity index is 2.37. The summed E-state index contributed by atoms with van der Waals surface area (Å²) >= 11 is 0. The first-order valence-electron chi connectivity index (χ1n) is 5.70. The molecule has 1 heterocycles. The molecule has 1 saturated heterocycles. The second kappa shape index (κ2) is 4.80. The molecule has 1 atom stereocenters. The van der Waals surface area contributed by atoms with E-state index in [0.717, 1.165) is 11.0 Å². The van der Waals surface area contributed by atoms with E-state index in [1.807, 2.05) is 0 Å². The van der Waals surface area contributed by atoms with Gasteiger partial charge in [0.05, 0.1) is 11.3 Å². The normalized spacial score (nSPS) is 20.2. The molecule has 1 aromatic rings. The van der Waals surface area contributed by atoms with Crippen LogP contribution in [0.2, 0.25) is 0 Å². The zero-order chi connectivity index (χ0) is 14.2. The van der Waals surface area contributed by atoms with Crippen molar-refractivity contribution in [3.63, 3.8) is 0 Å². The van der Waals surface area contributed by atoms with Crippen LogP contribution < -0.4 is 10.6 Å². The number of hydrogen-bond acceptors (Lipinski definition) is 2. The molecule has 0 aliphatic carbocycles. The maximum Gasteiger partial charge on any atom is 0.416 e. The fraction of sp³-hybridized carbons (Fsp3) is 0.417. The molecule has 1 aromatic carbocycles. The van der Waals surface area contributed by atoms with Gasteiger partial charge < -0.3 is 10.6 Å². The lowest BCUT2D eigenvalue weighted by Gasteiger charge is -2.19. The number of benzene rings is 1. The van der Waals surface area contributed by atoms with Crippen LogP contribution in [0.1, 0.15) is 12.0 Å². The van der Waals surface area contributed by atoms with E-state index in [-0.39, 0.29) is 31.1 Å². The molecule has 1 amide bonds. The molecule has 104 valence electrons. The van der Waals surface area contributed by atoms with Gasteiger partial charge in [0.2, 0.25) is 5.91 Å². The van der Waals surface area contributed by atoms with Crippen LogP contribution in [0.25, 0.3) is 0 Å². The largest absolute Gasteiger partial charge is 0.416 e. The third kappa shape index (κ3) is 2.70. The number of halogens is 4. The van der Waals surface area contributed by atoms with E-state index in [4.69, 9.17) is 5.73 Å². The summed E-state index contributed by atoms with van der Waals surface area (Å²) in [5.41, 5.74) is 4.10. The van der Waals surface area contributed by atoms with Gasteiger partial charge in [0.1, 0.15) is 5.82 Å². The van der Waals surface area contributed by atoms with Crippen LogP contribution in [0.5, 0.6) is 0 Å². The Morgan fingerprint density at radius 3 is 2.58 bits per heavy atom. The Morgan fingerprint density at radius 1 is 1.37 bits per heavy atom. The van der Waals surface area contributed by atoms with E-state index in [2.05, 4.69) is 0 Å². The van der Waals surface area contributed by atoms with Crippen LogP contribution in [0.15, 0.2) is 18.2 Å². The van der Waals surface area contributed by atoms with Gasteiger partial charge in [-0.2, -0.15) is 13.2 Å². The molecule has 1 aliphatic rings. The second-order valence-corrected chi connectivity index (χ2v) is 4.47. The van der Waals surface area contributed by atoms with Crippen LogP contribution >= 0.6 is 0 Å². The maximum absolute atomic E-state index is 13.6. The summed E-state index contributed by atoms with van der Waals surface area (Å²) in [4.78, 5) is 12.7. The highest BCUT2D eigenvalue weighted by Gasteiger charge is 2.35. The van der Waals surface area contributed by atoms with Gasteiger partial charge in [-0.1, -0.05) is 0 Å². The first-order chi connectivity index (χ1) is 8.82. The van der Waals surface area contributed by atoms with Crippen molar-refractivity contribution in [1.82, 2.24) is 0 Å². The molecule has 0 bridgehead atoms. The van der Waals surface area contributed by atoms with Crippen molar-refractivity contribution in [2.45, 2.75) is 12.6 Å². The Labute approximate surface area is 107 Å². The third-order valence-corrected chi connectivity index (χ3v) is 3.10. The molecule has 19 heavy (non-hydrogen) atoms. The van der Waals surface area contributed by atoms with Crippen LogP contribution in [0, 0.1) is 11.7 Å². The molecule has 0 saturated carbocycles. The predicted molar refractivity (Wildman–Crippen MR) is 60.9 cm³/mol. The number of amides is 1. The van der Waals surface area contributed by atoms with Gasteiger partial charge in [0.15, 0.2) is 0 Å². The molecular weight excluding hydrogens is 264 g/mol. The summed E-state index contributed by atoms with van der Waals surface area (Å²) in [6, 6.07) is 2.03. The molecule has 2 N–H and O–H groups in total. The lowest BCUT2D eigenvalue weighted by Crippen LogP contribution is -2.27. The summed E-state index contributed by atoms with van der Waals surface area (Å²) in [5.74, 6) is -1.41. The van der Waals surface area contributed by atoms with Crippen molar-refractivity contribution in [2.24, 2.45) is 11.7 Å². The van der Waals surface area contributed by atoms with Crippen molar-refractivity contribution in [3.05, 3.63) is 29.6 Å². The van der Waals surface area contributed by atoms with Gasteiger partial charge in [-0.25, -0.2) is 4.39 Å². The molecule has 1 unspecified atom stereocenters. The highest BCUT2D eigenvalue weighted by atomic mass is 19.4. The van der Waals surface area contributed by atoms with Crippen LogP contribution in [-0.2, 0) is 11.0 Å². The van der Waals surface area contributed by atoms with Crippen molar-refractivity contribution >= 4 is 11.6 Å². The van der Waals surface area contributed by atoms with Gasteiger partial charge >= 0.3 is 6.18 Å². The van der Waals surface area contributed by atoms with E-state index in [9.17, 15) is 22.4 Å². The third-order valence-electron chi connectivity index (χ3n) is 3.10. The minimum Gasteiger partial charge on any atom is -0.330 e. The SMILES string of the molecule is NCC1CC(=O)N(c2cc(C(F)(F)F)ccc2F)C1. The maximum atomic E-state index is 13.6. The van der Waals surface area contributed by atoms with Crippen molar-refractivity contribution < 1.29 is 22.4 Å². The highest BCUT2D eigenvalue weighted by Crippen LogP contribution is 2.34. The molecule has 7 heteroatoms. The molecule has 0 radical (unpaired) electrons. The minimum atomic E-state index is -4.57. The summed E-state index contributed by atoms with van der Waals surface area (Å²) in [5, 5.41) is 0. The Hall–Kier alpha value is -1.63. The van der Waals surface area contributed by atoms with E-state index in [1.54, 1.807) is 0 Å². The Morgan fingerprint density at radius 2 is 2.05 bits per heavy atom. The number of rotatable bonds is 2. The molecule has 3 nitrogen and oxygen atoms in total. The van der Waals surface area contributed by atoms with Crippen LogP contribution in [0.4, 0.5) is 23.2 Å². The predicted octanol–water partition coefficient (Wildman–Crippen LogP) is 2.16. The average molecular weight is 276 g/mol. The van der Waals surface area contributed by atoms with Gasteiger partial charge in [0, 0.05) is 13.0 Å². The fourth-order valence-electron chi connectivity index (χ4n) is 2.07. The monoisotopic (exact) mass is 276 g/mol. The quantitative estimate of drug-likeness (QED) is 0.841. The van der Waals surface area contributed by atoms with E-state index >= 15 is 0 Å². The van der Waals surface area contributed by atoms with Crippen molar-refractivity contribution in [2.75, 3.05) is 18.0 Å². The summed E-state index contributed by atoms with van der Waals surface area (Å²) in [6.07, 6.45) is -4.44. The van der Waals surface area contributed by atoms with E-state index in [1.165, 1.54) is 0 Å². The summed E-state index contributed by atoms with van der Waals surface area (Å²) in [7, 11) is 0. The number of carbonyl (C=O) groups excluding carboxylic acids is 1. The molecule has 2 rings (SSSR count). The lowest BCUT2D eigenvalue weighted by atomic mass is 10.1. The summed E-state index contributed by atoms with van der Waals surface area (Å²) in [6.45, 7) is 0.385. The molecule has 0 aromatic heterocycles. The number of carbonyl (C=O) groups is 1. The van der Waals surface area contributed by atoms with E-state index < -0.39 is 23.5 Å². The van der Waals surface area contributed by atoms with Gasteiger partial charge in [-0.3, -0.25) is 4.79 Å². The molecular formula is C12H12F4N2O. The average Bonchev–Trinajstić information content (AvgIpc) is 2.69. The zero-order valence-corrected chi connectivity index (χ0v) is 9.88. The number of alkyl halides is 3. The highest BCUT2D eigenvalue weighted by molar-refractivity contribution is 5.96. The first kappa shape index (κ1) is 13.8. The van der Waals surface area contributed by atoms with Crippen LogP contribution in [0.3, 0.4) is 0 Å². The standard InChI is InChI=1S/C12H12F4N2O/c13-9-2-1-8(12(14,15)16)4-10(9)18-6-7(5-17)3-11(18)19/h1-2,4,7H,3,5-6,17H2. The number of hydrogen-bond donors (Lipinski definition) is 1. The molecule has 0 spiro atoms. The number of nitrogens with zero attached hydrogens (tertiary/aromatic N) is 1. The topological polar surface area (TPSA) is 46.3 Å². The number of anilines is 1. The molecule has 1 fully saturated rings. The first-order valence-corrected chi connectivity index (χ1v) is 5.70. The van der Waals surface area contributed by atoms with Gasteiger partial charge in [-0.15, -0.1) is 0 Å². The Bertz CT molecular complexity index is 501. The Kier molecular flexibility index (Phi) is 3.49. The molecule has 1 aliphatic heterocycles. The van der Waals surface area contributed by atoms with Gasteiger partial charge in [0.25, 0.3) is 0 Å². The lowest BCUT2D eigenvalue weighted by molar-refractivity contribution is -0.137. The summed E-state index contributed by atoms with van der Waals surface area (Å²) < 4.78 is 51.4. The fourth-order valence-corrected chi connectivity index (χ4v) is 2.07. The van der Waals surface area contributed by atoms with Crippen LogP contribution in [-0.4, -0.2) is 19.0 Å². The van der Waals surface area contributed by atoms with Gasteiger partial charge in [-0.05, 0) is 30.7 Å². The van der Waals surface area contributed by atoms with E-state index in [0.29, 0.717) is 12.1 Å². The smallest absolute Gasteiger partial charge is 0.330 e. The second-order valence-electron chi connectivity index (χ2n) is 4.47. The van der Waals surface area contributed by atoms with Crippen molar-refractivity contribution in [3.8, 4) is 0 Å².